The lowest BCUT2D eigenvalue weighted by Crippen LogP contribution is -2.53. The van der Waals surface area contributed by atoms with Crippen LogP contribution >= 0.6 is 0 Å². The summed E-state index contributed by atoms with van der Waals surface area (Å²) in [5.41, 5.74) is -1.15. The lowest BCUT2D eigenvalue weighted by Gasteiger charge is -2.42. The first-order chi connectivity index (χ1) is 22.6. The van der Waals surface area contributed by atoms with Crippen molar-refractivity contribution in [3.05, 3.63) is 77.9 Å². The Bertz CT molecular complexity index is 1640. The highest BCUT2D eigenvalue weighted by atomic mass is 19.1. The molecular weight excluding hydrogens is 613 g/mol. The van der Waals surface area contributed by atoms with Gasteiger partial charge >= 0.3 is 0 Å². The van der Waals surface area contributed by atoms with Crippen LogP contribution in [0.4, 0.5) is 24.5 Å². The van der Waals surface area contributed by atoms with Gasteiger partial charge < -0.3 is 25.2 Å². The van der Waals surface area contributed by atoms with Crippen molar-refractivity contribution >= 4 is 29.1 Å². The molecular formula is C34H37F3N6O4. The van der Waals surface area contributed by atoms with Crippen LogP contribution in [-0.4, -0.2) is 89.8 Å². The second-order valence-corrected chi connectivity index (χ2v) is 12.5. The third kappa shape index (κ3) is 7.57. The second-order valence-electron chi connectivity index (χ2n) is 12.5. The van der Waals surface area contributed by atoms with E-state index in [1.54, 1.807) is 0 Å². The number of aromatic nitrogens is 1. The topological polar surface area (TPSA) is 107 Å². The summed E-state index contributed by atoms with van der Waals surface area (Å²) in [7, 11) is 2.13. The molecule has 248 valence electrons. The van der Waals surface area contributed by atoms with Gasteiger partial charge in [0.05, 0.1) is 17.8 Å². The first-order valence-corrected chi connectivity index (χ1v) is 15.8. The van der Waals surface area contributed by atoms with Crippen molar-refractivity contribution < 1.29 is 32.3 Å². The Labute approximate surface area is 270 Å². The van der Waals surface area contributed by atoms with E-state index in [0.717, 1.165) is 51.2 Å². The van der Waals surface area contributed by atoms with Crippen LogP contribution in [0.3, 0.4) is 0 Å². The van der Waals surface area contributed by atoms with Gasteiger partial charge in [-0.1, -0.05) is 0 Å². The number of carbonyl (C=O) groups excluding carboxylic acids is 3. The molecule has 3 amide bonds. The fourth-order valence-corrected chi connectivity index (χ4v) is 6.09. The Morgan fingerprint density at radius 1 is 0.872 bits per heavy atom. The lowest BCUT2D eigenvalue weighted by molar-refractivity contribution is -0.132. The van der Waals surface area contributed by atoms with Gasteiger partial charge in [-0.05, 0) is 63.1 Å². The maximum atomic E-state index is 15.1. The summed E-state index contributed by atoms with van der Waals surface area (Å²) in [6, 6.07) is 10.1. The molecule has 3 aliphatic rings. The Morgan fingerprint density at radius 3 is 2.23 bits per heavy atom. The van der Waals surface area contributed by atoms with Gasteiger partial charge in [0.1, 0.15) is 17.0 Å². The number of ether oxygens (including phenoxy) is 1. The Morgan fingerprint density at radius 2 is 1.55 bits per heavy atom. The third-order valence-electron chi connectivity index (χ3n) is 9.21. The molecule has 2 aromatic carbocycles. The molecule has 1 aromatic heterocycles. The number of likely N-dealkylation sites (N-methyl/N-ethyl adjacent to an activating group) is 1. The third-order valence-corrected chi connectivity index (χ3v) is 9.21. The molecule has 0 radical (unpaired) electrons. The number of halogens is 3. The average Bonchev–Trinajstić information content (AvgIpc) is 3.88. The normalized spacial score (nSPS) is 18.4. The van der Waals surface area contributed by atoms with Crippen LogP contribution in [0.2, 0.25) is 0 Å². The minimum absolute atomic E-state index is 0.0503. The molecule has 0 spiro atoms. The molecule has 2 aliphatic heterocycles. The number of nitrogens with one attached hydrogen (secondary N) is 2. The summed E-state index contributed by atoms with van der Waals surface area (Å²) in [6.45, 7) is 5.57. The highest BCUT2D eigenvalue weighted by Crippen LogP contribution is 2.48. The summed E-state index contributed by atoms with van der Waals surface area (Å²) in [5, 5.41) is 4.88. The van der Waals surface area contributed by atoms with E-state index in [1.807, 2.05) is 4.90 Å². The fraction of sp³-hybridized carbons (Fsp3) is 0.412. The maximum Gasteiger partial charge on any atom is 0.240 e. The molecule has 2 saturated heterocycles. The monoisotopic (exact) mass is 650 g/mol. The number of pyridine rings is 1. The molecule has 10 nitrogen and oxygen atoms in total. The zero-order chi connectivity index (χ0) is 33.1. The molecule has 2 N–H and O–H groups in total. The van der Waals surface area contributed by atoms with E-state index < -0.39 is 46.1 Å². The number of anilines is 2. The van der Waals surface area contributed by atoms with E-state index in [9.17, 15) is 18.8 Å². The molecule has 0 atom stereocenters. The van der Waals surface area contributed by atoms with Gasteiger partial charge in [-0.25, -0.2) is 13.2 Å². The van der Waals surface area contributed by atoms with Crippen molar-refractivity contribution in [2.75, 3.05) is 56.9 Å². The molecule has 3 aromatic rings. The predicted octanol–water partition coefficient (Wildman–Crippen LogP) is 4.43. The zero-order valence-corrected chi connectivity index (χ0v) is 26.1. The first-order valence-electron chi connectivity index (χ1n) is 15.8. The summed E-state index contributed by atoms with van der Waals surface area (Å²) < 4.78 is 48.9. The average molecular weight is 651 g/mol. The number of hydrogen-bond acceptors (Lipinski definition) is 7. The number of hydrogen-bond donors (Lipinski definition) is 2. The highest BCUT2D eigenvalue weighted by Gasteiger charge is 2.56. The van der Waals surface area contributed by atoms with Crippen molar-refractivity contribution in [1.29, 1.82) is 0 Å². The summed E-state index contributed by atoms with van der Waals surface area (Å²) in [4.78, 5) is 49.8. The number of rotatable bonds is 9. The molecule has 3 fully saturated rings. The van der Waals surface area contributed by atoms with Crippen LogP contribution in [0.25, 0.3) is 0 Å². The van der Waals surface area contributed by atoms with Crippen LogP contribution in [0.5, 0.6) is 11.5 Å². The van der Waals surface area contributed by atoms with Crippen molar-refractivity contribution in [3.8, 4) is 11.5 Å². The van der Waals surface area contributed by atoms with Crippen LogP contribution in [-0.2, 0) is 20.8 Å². The van der Waals surface area contributed by atoms with E-state index in [0.29, 0.717) is 30.5 Å². The van der Waals surface area contributed by atoms with Crippen molar-refractivity contribution in [2.24, 2.45) is 5.41 Å². The predicted molar refractivity (Wildman–Crippen MR) is 168 cm³/mol. The highest BCUT2D eigenvalue weighted by molar-refractivity contribution is 6.16. The molecule has 6 rings (SSSR count). The molecule has 1 aliphatic carbocycles. The Hall–Kier alpha value is -4.49. The number of nitrogens with zero attached hydrogens (tertiary/aromatic N) is 4. The van der Waals surface area contributed by atoms with Gasteiger partial charge in [-0.15, -0.1) is 0 Å². The summed E-state index contributed by atoms with van der Waals surface area (Å²) >= 11 is 0. The van der Waals surface area contributed by atoms with Gasteiger partial charge in [0, 0.05) is 75.4 Å². The quantitative estimate of drug-likeness (QED) is 0.330. The Kier molecular flexibility index (Phi) is 9.46. The van der Waals surface area contributed by atoms with E-state index >= 15 is 8.78 Å². The van der Waals surface area contributed by atoms with Gasteiger partial charge in [-0.3, -0.25) is 24.3 Å². The van der Waals surface area contributed by atoms with E-state index in [2.05, 4.69) is 32.5 Å². The first kappa shape index (κ1) is 32.5. The van der Waals surface area contributed by atoms with Crippen molar-refractivity contribution in [1.82, 2.24) is 19.7 Å². The number of likely N-dealkylation sites (tertiary alicyclic amines) is 1. The molecule has 47 heavy (non-hydrogen) atoms. The minimum Gasteiger partial charge on any atom is -0.454 e. The van der Waals surface area contributed by atoms with E-state index in [1.165, 1.54) is 42.6 Å². The largest absolute Gasteiger partial charge is 0.454 e. The molecule has 1 saturated carbocycles. The van der Waals surface area contributed by atoms with Gasteiger partial charge in [0.15, 0.2) is 17.4 Å². The van der Waals surface area contributed by atoms with Crippen molar-refractivity contribution in [2.45, 2.75) is 38.1 Å². The summed E-state index contributed by atoms with van der Waals surface area (Å²) in [6.07, 6.45) is 3.79. The number of piperidine rings is 1. The van der Waals surface area contributed by atoms with E-state index in [-0.39, 0.29) is 30.9 Å². The molecule has 3 heterocycles. The van der Waals surface area contributed by atoms with E-state index in [4.69, 9.17) is 4.74 Å². The fourth-order valence-electron chi connectivity index (χ4n) is 6.09. The van der Waals surface area contributed by atoms with Crippen LogP contribution in [0.1, 0.15) is 31.4 Å². The zero-order valence-electron chi connectivity index (χ0n) is 26.1. The van der Waals surface area contributed by atoms with Crippen LogP contribution in [0, 0.1) is 22.9 Å². The van der Waals surface area contributed by atoms with Gasteiger partial charge in [0.2, 0.25) is 17.7 Å². The standard InChI is InChI=1S/C34H37F3N6O4/c1-41-14-16-42(17-15-41)25-7-12-43(13-8-25)31(44)19-24-18-26(6-11-38-24)47-30-21-27(36)29(20-28(30)37)40-33(46)34(9-10-34)32(45)39-23-4-2-22(35)3-5-23/h2-6,11,18,20-21,25H,7-10,12-17,19H2,1H3,(H,39,45)(H,40,46). The molecule has 0 bridgehead atoms. The maximum absolute atomic E-state index is 15.1. The number of carbonyl (C=O) groups is 3. The van der Waals surface area contributed by atoms with Gasteiger partial charge in [-0.2, -0.15) is 0 Å². The second kappa shape index (κ2) is 13.7. The smallest absolute Gasteiger partial charge is 0.240 e. The SMILES string of the molecule is CN1CCN(C2CCN(C(=O)Cc3cc(Oc4cc(F)c(NC(=O)C5(C(=O)Nc6ccc(F)cc6)CC5)cc4F)ccn3)CC2)CC1. The lowest BCUT2D eigenvalue weighted by atomic mass is 10.0. The molecule has 13 heteroatoms. The number of benzene rings is 2. The Balaban J connectivity index is 1.03. The van der Waals surface area contributed by atoms with Crippen LogP contribution in [0.15, 0.2) is 54.7 Å². The van der Waals surface area contributed by atoms with Crippen molar-refractivity contribution in [3.63, 3.8) is 0 Å². The minimum atomic E-state index is -1.45. The summed E-state index contributed by atoms with van der Waals surface area (Å²) in [5.74, 6) is -4.10. The van der Waals surface area contributed by atoms with Crippen LogP contribution < -0.4 is 15.4 Å². The number of piperazine rings is 1. The molecule has 0 unspecified atom stereocenters. The van der Waals surface area contributed by atoms with Gasteiger partial charge in [0.25, 0.3) is 0 Å². The number of amides is 3.